The Labute approximate surface area is 186 Å². The normalized spacial score (nSPS) is 11.1. The fourth-order valence-corrected chi connectivity index (χ4v) is 5.10. The SMILES string of the molecule is CCOc1ccccc1NC(=O)CSc1nnc(-c2csc(C)c2CC)n1C(C)C. The Bertz CT molecular complexity index is 1010. The summed E-state index contributed by atoms with van der Waals surface area (Å²) < 4.78 is 7.70. The third-order valence-corrected chi connectivity index (χ3v) is 6.57. The third-order valence-electron chi connectivity index (χ3n) is 4.67. The first-order valence-corrected chi connectivity index (χ1v) is 12.0. The van der Waals surface area contributed by atoms with Crippen LogP contribution in [0, 0.1) is 6.92 Å². The molecule has 1 aromatic carbocycles. The van der Waals surface area contributed by atoms with Crippen LogP contribution in [0.4, 0.5) is 5.69 Å². The number of ether oxygens (including phenoxy) is 1. The van der Waals surface area contributed by atoms with Gasteiger partial charge in [0.1, 0.15) is 5.75 Å². The van der Waals surface area contributed by atoms with Crippen LogP contribution < -0.4 is 10.1 Å². The highest BCUT2D eigenvalue weighted by molar-refractivity contribution is 7.99. The molecule has 0 unspecified atom stereocenters. The molecule has 1 amide bonds. The van der Waals surface area contributed by atoms with E-state index in [1.54, 1.807) is 11.3 Å². The predicted octanol–water partition coefficient (Wildman–Crippen LogP) is 5.59. The van der Waals surface area contributed by atoms with Crippen LogP contribution in [-0.2, 0) is 11.2 Å². The Kier molecular flexibility index (Phi) is 7.55. The van der Waals surface area contributed by atoms with E-state index in [2.05, 4.69) is 53.2 Å². The topological polar surface area (TPSA) is 69.0 Å². The molecule has 3 aromatic rings. The molecule has 3 rings (SSSR count). The van der Waals surface area contributed by atoms with E-state index in [0.29, 0.717) is 18.0 Å². The van der Waals surface area contributed by atoms with Gasteiger partial charge in [0.2, 0.25) is 5.91 Å². The average Bonchev–Trinajstić information content (AvgIpc) is 3.30. The van der Waals surface area contributed by atoms with Crippen molar-refractivity contribution in [1.82, 2.24) is 14.8 Å². The highest BCUT2D eigenvalue weighted by atomic mass is 32.2. The second kappa shape index (κ2) is 10.1. The van der Waals surface area contributed by atoms with E-state index in [0.717, 1.165) is 23.0 Å². The minimum atomic E-state index is -0.104. The Hall–Kier alpha value is -2.32. The summed E-state index contributed by atoms with van der Waals surface area (Å²) in [6.45, 7) is 11.0. The van der Waals surface area contributed by atoms with Gasteiger partial charge in [-0.3, -0.25) is 9.36 Å². The summed E-state index contributed by atoms with van der Waals surface area (Å²) in [6, 6.07) is 7.64. The summed E-state index contributed by atoms with van der Waals surface area (Å²) in [7, 11) is 0. The van der Waals surface area contributed by atoms with E-state index in [1.807, 2.05) is 31.2 Å². The number of benzene rings is 1. The standard InChI is InChI=1S/C22H28N4O2S2/c1-6-16-15(5)29-12-17(16)21-24-25-22(26(21)14(3)4)30-13-20(27)23-18-10-8-9-11-19(18)28-7-2/h8-12,14H,6-7,13H2,1-5H3,(H,23,27). The van der Waals surface area contributed by atoms with E-state index >= 15 is 0 Å². The Balaban J connectivity index is 1.76. The largest absolute Gasteiger partial charge is 0.492 e. The van der Waals surface area contributed by atoms with Crippen molar-refractivity contribution >= 4 is 34.7 Å². The molecule has 0 spiro atoms. The van der Waals surface area contributed by atoms with Gasteiger partial charge in [-0.05, 0) is 51.8 Å². The summed E-state index contributed by atoms with van der Waals surface area (Å²) in [5.41, 5.74) is 3.14. The molecule has 0 fully saturated rings. The van der Waals surface area contributed by atoms with Crippen LogP contribution in [0.3, 0.4) is 0 Å². The van der Waals surface area contributed by atoms with Crippen molar-refractivity contribution in [3.63, 3.8) is 0 Å². The fourth-order valence-electron chi connectivity index (χ4n) is 3.30. The van der Waals surface area contributed by atoms with Crippen LogP contribution in [0.2, 0.25) is 0 Å². The number of nitrogens with zero attached hydrogens (tertiary/aromatic N) is 3. The quantitative estimate of drug-likeness (QED) is 0.436. The maximum absolute atomic E-state index is 12.6. The van der Waals surface area contributed by atoms with Gasteiger partial charge in [-0.2, -0.15) is 0 Å². The molecule has 2 heterocycles. The van der Waals surface area contributed by atoms with Gasteiger partial charge in [-0.15, -0.1) is 21.5 Å². The van der Waals surface area contributed by atoms with Crippen molar-refractivity contribution in [2.45, 2.75) is 52.2 Å². The third kappa shape index (κ3) is 4.87. The Morgan fingerprint density at radius 2 is 2.03 bits per heavy atom. The Morgan fingerprint density at radius 3 is 2.73 bits per heavy atom. The monoisotopic (exact) mass is 444 g/mol. The van der Waals surface area contributed by atoms with Gasteiger partial charge in [0.15, 0.2) is 11.0 Å². The summed E-state index contributed by atoms with van der Waals surface area (Å²) >= 11 is 3.14. The lowest BCUT2D eigenvalue weighted by molar-refractivity contribution is -0.113. The number of amides is 1. The maximum atomic E-state index is 12.6. The molecule has 0 saturated carbocycles. The summed E-state index contributed by atoms with van der Waals surface area (Å²) in [5.74, 6) is 1.68. The predicted molar refractivity (Wildman–Crippen MR) is 125 cm³/mol. The number of thiophene rings is 1. The summed E-state index contributed by atoms with van der Waals surface area (Å²) in [5, 5.41) is 14.7. The lowest BCUT2D eigenvalue weighted by Crippen LogP contribution is -2.16. The first kappa shape index (κ1) is 22.4. The molecule has 2 aromatic heterocycles. The number of hydrogen-bond donors (Lipinski definition) is 1. The van der Waals surface area contributed by atoms with Crippen molar-refractivity contribution < 1.29 is 9.53 Å². The molecule has 0 aliphatic carbocycles. The van der Waals surface area contributed by atoms with Crippen LogP contribution in [0.5, 0.6) is 5.75 Å². The lowest BCUT2D eigenvalue weighted by atomic mass is 10.1. The minimum Gasteiger partial charge on any atom is -0.492 e. The van der Waals surface area contributed by atoms with Gasteiger partial charge >= 0.3 is 0 Å². The van der Waals surface area contributed by atoms with Gasteiger partial charge in [-0.25, -0.2) is 0 Å². The maximum Gasteiger partial charge on any atom is 0.234 e. The number of para-hydroxylation sites is 2. The summed E-state index contributed by atoms with van der Waals surface area (Å²) in [6.07, 6.45) is 0.958. The number of thioether (sulfide) groups is 1. The highest BCUT2D eigenvalue weighted by Gasteiger charge is 2.21. The van der Waals surface area contributed by atoms with Gasteiger partial charge in [0.25, 0.3) is 0 Å². The molecule has 0 atom stereocenters. The zero-order valence-electron chi connectivity index (χ0n) is 18.1. The van der Waals surface area contributed by atoms with Crippen molar-refractivity contribution in [1.29, 1.82) is 0 Å². The van der Waals surface area contributed by atoms with E-state index in [1.165, 1.54) is 22.2 Å². The van der Waals surface area contributed by atoms with Crippen molar-refractivity contribution in [3.8, 4) is 17.1 Å². The van der Waals surface area contributed by atoms with Gasteiger partial charge in [0.05, 0.1) is 18.0 Å². The van der Waals surface area contributed by atoms with Crippen LogP contribution >= 0.6 is 23.1 Å². The number of carbonyl (C=O) groups is 1. The van der Waals surface area contributed by atoms with Gasteiger partial charge in [-0.1, -0.05) is 30.8 Å². The van der Waals surface area contributed by atoms with Crippen molar-refractivity contribution in [2.75, 3.05) is 17.7 Å². The summed E-state index contributed by atoms with van der Waals surface area (Å²) in [4.78, 5) is 13.9. The lowest BCUT2D eigenvalue weighted by Gasteiger charge is -2.14. The van der Waals surface area contributed by atoms with Gasteiger partial charge in [0, 0.05) is 21.9 Å². The van der Waals surface area contributed by atoms with E-state index in [9.17, 15) is 4.79 Å². The first-order chi connectivity index (χ1) is 14.5. The average molecular weight is 445 g/mol. The number of aromatic nitrogens is 3. The molecule has 0 saturated heterocycles. The zero-order valence-corrected chi connectivity index (χ0v) is 19.7. The molecule has 8 heteroatoms. The number of rotatable bonds is 9. The van der Waals surface area contributed by atoms with E-state index < -0.39 is 0 Å². The molecule has 0 bridgehead atoms. The van der Waals surface area contributed by atoms with Crippen LogP contribution in [0.1, 0.15) is 44.2 Å². The van der Waals surface area contributed by atoms with E-state index in [-0.39, 0.29) is 17.7 Å². The molecule has 6 nitrogen and oxygen atoms in total. The van der Waals surface area contributed by atoms with Crippen LogP contribution in [-0.4, -0.2) is 33.0 Å². The number of hydrogen-bond acceptors (Lipinski definition) is 6. The van der Waals surface area contributed by atoms with Crippen LogP contribution in [0.15, 0.2) is 34.8 Å². The zero-order chi connectivity index (χ0) is 21.7. The number of anilines is 1. The minimum absolute atomic E-state index is 0.104. The van der Waals surface area contributed by atoms with Crippen LogP contribution in [0.25, 0.3) is 11.4 Å². The second-order valence-corrected chi connectivity index (χ2v) is 9.10. The molecular weight excluding hydrogens is 416 g/mol. The first-order valence-electron chi connectivity index (χ1n) is 10.1. The molecule has 0 aliphatic heterocycles. The molecule has 160 valence electrons. The number of carbonyl (C=O) groups excluding carboxylic acids is 1. The van der Waals surface area contributed by atoms with Crippen molar-refractivity contribution in [2.24, 2.45) is 0 Å². The van der Waals surface area contributed by atoms with E-state index in [4.69, 9.17) is 4.74 Å². The second-order valence-electron chi connectivity index (χ2n) is 7.07. The molecule has 30 heavy (non-hydrogen) atoms. The van der Waals surface area contributed by atoms with Crippen molar-refractivity contribution in [3.05, 3.63) is 40.1 Å². The molecular formula is C22H28N4O2S2. The number of aryl methyl sites for hydroxylation is 1. The molecule has 1 N–H and O–H groups in total. The molecule has 0 radical (unpaired) electrons. The fraction of sp³-hybridized carbons (Fsp3) is 0.409. The smallest absolute Gasteiger partial charge is 0.234 e. The molecule has 0 aliphatic rings. The highest BCUT2D eigenvalue weighted by Crippen LogP contribution is 2.34. The Morgan fingerprint density at radius 1 is 1.27 bits per heavy atom. The number of nitrogens with one attached hydrogen (secondary N) is 1. The van der Waals surface area contributed by atoms with Gasteiger partial charge < -0.3 is 10.1 Å².